The third kappa shape index (κ3) is 5.44. The number of benzene rings is 1. The molecule has 0 N–H and O–H groups in total. The molecule has 0 amide bonds. The second kappa shape index (κ2) is 5.77. The van der Waals surface area contributed by atoms with E-state index in [1.54, 1.807) is 0 Å². The van der Waals surface area contributed by atoms with Gasteiger partial charge in [0, 0.05) is 5.56 Å². The molecule has 0 aliphatic carbocycles. The summed E-state index contributed by atoms with van der Waals surface area (Å²) >= 11 is 6.19. The highest BCUT2D eigenvalue weighted by Gasteiger charge is 2.08. The fourth-order valence-electron chi connectivity index (χ4n) is 1.20. The second-order valence-electron chi connectivity index (χ2n) is 5.31. The highest BCUT2D eigenvalue weighted by Crippen LogP contribution is 2.22. The summed E-state index contributed by atoms with van der Waals surface area (Å²) < 4.78 is 5.71. The van der Waals surface area contributed by atoms with Crippen LogP contribution in [0.25, 0.3) is 0 Å². The van der Waals surface area contributed by atoms with E-state index in [0.717, 1.165) is 11.3 Å². The number of hydrogen-bond donors (Lipinski definition) is 0. The molecule has 0 saturated carbocycles. The summed E-state index contributed by atoms with van der Waals surface area (Å²) in [7, 11) is -2.41. The third-order valence-corrected chi connectivity index (χ3v) is 3.82. The molecule has 1 rings (SSSR count). The molecule has 0 radical (unpaired) electrons. The minimum absolute atomic E-state index is 0.683. The molecular weight excluding hydrogens is 264 g/mol. The van der Waals surface area contributed by atoms with E-state index in [-0.39, 0.29) is 0 Å². The normalized spacial score (nSPS) is 11.0. The predicted molar refractivity (Wildman–Crippen MR) is 81.2 cm³/mol. The van der Waals surface area contributed by atoms with Crippen molar-refractivity contribution in [2.24, 2.45) is 0 Å². The van der Waals surface area contributed by atoms with Crippen LogP contribution >= 0.6 is 11.6 Å². The number of hydrogen-bond acceptors (Lipinski definition) is 1. The van der Waals surface area contributed by atoms with Crippen LogP contribution in [0.1, 0.15) is 5.56 Å². The molecule has 0 aromatic heterocycles. The Labute approximate surface area is 112 Å². The summed E-state index contributed by atoms with van der Waals surface area (Å²) in [6, 6.07) is 5.76. The molecule has 0 atom stereocenters. The quantitative estimate of drug-likeness (QED) is 0.590. The van der Waals surface area contributed by atoms with Crippen molar-refractivity contribution in [3.05, 3.63) is 28.8 Å². The van der Waals surface area contributed by atoms with Crippen LogP contribution in [0, 0.1) is 11.5 Å². The maximum atomic E-state index is 6.19. The van der Waals surface area contributed by atoms with Gasteiger partial charge in [-0.05, 0) is 31.3 Å². The van der Waals surface area contributed by atoms with E-state index in [1.807, 2.05) is 18.2 Å². The summed E-state index contributed by atoms with van der Waals surface area (Å²) in [4.78, 5) is 0. The molecule has 4 heteroatoms. The molecule has 0 spiro atoms. The molecular formula is C13H19ClOSi2. The van der Waals surface area contributed by atoms with Crippen molar-refractivity contribution < 1.29 is 4.43 Å². The highest BCUT2D eigenvalue weighted by atomic mass is 35.5. The number of halogens is 1. The fraction of sp³-hybridized carbons (Fsp3) is 0.385. The summed E-state index contributed by atoms with van der Waals surface area (Å²) in [5, 5.41) is 0.683. The van der Waals surface area contributed by atoms with Crippen molar-refractivity contribution >= 4 is 28.7 Å². The smallest absolute Gasteiger partial charge is 0.229 e. The molecule has 1 nitrogen and oxygen atoms in total. The van der Waals surface area contributed by atoms with Crippen molar-refractivity contribution in [1.29, 1.82) is 0 Å². The zero-order valence-corrected chi connectivity index (χ0v) is 14.0. The largest absolute Gasteiger partial charge is 0.547 e. The molecule has 1 aromatic carbocycles. The lowest BCUT2D eigenvalue weighted by Gasteiger charge is -2.10. The first-order chi connectivity index (χ1) is 7.78. The van der Waals surface area contributed by atoms with Gasteiger partial charge >= 0.3 is 0 Å². The first kappa shape index (κ1) is 14.4. The van der Waals surface area contributed by atoms with Crippen LogP contribution in [0.2, 0.25) is 37.8 Å². The molecule has 17 heavy (non-hydrogen) atoms. The van der Waals surface area contributed by atoms with Crippen LogP contribution in [0.4, 0.5) is 0 Å². The third-order valence-electron chi connectivity index (χ3n) is 1.88. The zero-order valence-electron chi connectivity index (χ0n) is 11.1. The van der Waals surface area contributed by atoms with Gasteiger partial charge in [-0.2, -0.15) is 0 Å². The lowest BCUT2D eigenvalue weighted by Crippen LogP contribution is -2.16. The predicted octanol–water partition coefficient (Wildman–Crippen LogP) is 3.93. The molecule has 0 aliphatic rings. The van der Waals surface area contributed by atoms with Gasteiger partial charge in [-0.25, -0.2) is 0 Å². The van der Waals surface area contributed by atoms with E-state index in [4.69, 9.17) is 16.0 Å². The average molecular weight is 283 g/mol. The minimum Gasteiger partial charge on any atom is -0.547 e. The van der Waals surface area contributed by atoms with E-state index < -0.39 is 17.1 Å². The van der Waals surface area contributed by atoms with E-state index in [1.165, 1.54) is 0 Å². The van der Waals surface area contributed by atoms with Crippen LogP contribution in [0.3, 0.4) is 0 Å². The van der Waals surface area contributed by atoms with Crippen molar-refractivity contribution in [2.75, 3.05) is 0 Å². The van der Waals surface area contributed by atoms with Crippen molar-refractivity contribution in [3.8, 4) is 17.2 Å². The Morgan fingerprint density at radius 1 is 1.24 bits per heavy atom. The zero-order chi connectivity index (χ0) is 13.1. The maximum Gasteiger partial charge on any atom is 0.229 e. The molecule has 0 unspecified atom stereocenters. The van der Waals surface area contributed by atoms with Crippen LogP contribution in [-0.4, -0.2) is 17.1 Å². The summed E-state index contributed by atoms with van der Waals surface area (Å²) in [6.45, 7) is 10.9. The van der Waals surface area contributed by atoms with Gasteiger partial charge in [0.25, 0.3) is 0 Å². The highest BCUT2D eigenvalue weighted by molar-refractivity contribution is 6.83. The molecule has 1 aromatic rings. The van der Waals surface area contributed by atoms with Gasteiger partial charge in [-0.3, -0.25) is 0 Å². The fourth-order valence-corrected chi connectivity index (χ4v) is 2.62. The molecule has 0 saturated heterocycles. The average Bonchev–Trinajstić information content (AvgIpc) is 2.13. The molecule has 92 valence electrons. The SMILES string of the molecule is C[SiH](C)Oc1ccc(C#C[Si](C)(C)C)c(Cl)c1. The monoisotopic (exact) mass is 282 g/mol. The van der Waals surface area contributed by atoms with E-state index in [0.29, 0.717) is 5.02 Å². The Hall–Kier alpha value is -0.696. The molecule has 0 aliphatic heterocycles. The Balaban J connectivity index is 2.93. The molecule has 0 bridgehead atoms. The number of rotatable bonds is 2. The van der Waals surface area contributed by atoms with Crippen molar-refractivity contribution in [2.45, 2.75) is 32.7 Å². The van der Waals surface area contributed by atoms with E-state index >= 15 is 0 Å². The van der Waals surface area contributed by atoms with Gasteiger partial charge < -0.3 is 4.43 Å². The van der Waals surface area contributed by atoms with Gasteiger partial charge in [-0.15, -0.1) is 5.54 Å². The summed E-state index contributed by atoms with van der Waals surface area (Å²) in [6.07, 6.45) is 0. The van der Waals surface area contributed by atoms with Gasteiger partial charge in [0.05, 0.1) is 5.02 Å². The first-order valence-electron chi connectivity index (χ1n) is 5.77. The standard InChI is InChI=1S/C13H19ClOSi2/c1-16(2)15-12-7-6-11(13(14)10-12)8-9-17(3,4)5/h6-7,10,16H,1-5H3. The Kier molecular flexibility index (Phi) is 4.87. The van der Waals surface area contributed by atoms with Gasteiger partial charge in [-0.1, -0.05) is 37.2 Å². The van der Waals surface area contributed by atoms with E-state index in [9.17, 15) is 0 Å². The Bertz CT molecular complexity index is 453. The maximum absolute atomic E-state index is 6.19. The lowest BCUT2D eigenvalue weighted by atomic mass is 10.2. The Morgan fingerprint density at radius 2 is 1.88 bits per heavy atom. The van der Waals surface area contributed by atoms with Crippen molar-refractivity contribution in [3.63, 3.8) is 0 Å². The van der Waals surface area contributed by atoms with Gasteiger partial charge in [0.2, 0.25) is 9.04 Å². The van der Waals surface area contributed by atoms with Crippen molar-refractivity contribution in [1.82, 2.24) is 0 Å². The summed E-state index contributed by atoms with van der Waals surface area (Å²) in [5.74, 6) is 4.03. The molecule has 0 heterocycles. The minimum atomic E-state index is -1.35. The van der Waals surface area contributed by atoms with Crippen LogP contribution in [0.5, 0.6) is 5.75 Å². The van der Waals surface area contributed by atoms with Crippen LogP contribution in [-0.2, 0) is 0 Å². The Morgan fingerprint density at radius 3 is 2.35 bits per heavy atom. The first-order valence-corrected chi connectivity index (χ1v) is 12.4. The van der Waals surface area contributed by atoms with Crippen LogP contribution < -0.4 is 4.43 Å². The topological polar surface area (TPSA) is 9.23 Å². The van der Waals surface area contributed by atoms with Crippen LogP contribution in [0.15, 0.2) is 18.2 Å². The van der Waals surface area contributed by atoms with Gasteiger partial charge in [0.1, 0.15) is 13.8 Å². The molecule has 0 fully saturated rings. The summed E-state index contributed by atoms with van der Waals surface area (Å²) in [5.41, 5.74) is 4.21. The van der Waals surface area contributed by atoms with Gasteiger partial charge in [0.15, 0.2) is 0 Å². The lowest BCUT2D eigenvalue weighted by molar-refractivity contribution is 0.581. The second-order valence-corrected chi connectivity index (χ2v) is 12.8. The van der Waals surface area contributed by atoms with E-state index in [2.05, 4.69) is 44.2 Å².